The summed E-state index contributed by atoms with van der Waals surface area (Å²) in [6.07, 6.45) is 1.53. The lowest BCUT2D eigenvalue weighted by atomic mass is 10.1. The van der Waals surface area contributed by atoms with Gasteiger partial charge in [-0.2, -0.15) is 5.26 Å². The van der Waals surface area contributed by atoms with Crippen LogP contribution in [0.4, 0.5) is 0 Å². The molecule has 0 amide bonds. The molecular weight excluding hydrogens is 290 g/mol. The van der Waals surface area contributed by atoms with Gasteiger partial charge in [0.1, 0.15) is 5.76 Å². The summed E-state index contributed by atoms with van der Waals surface area (Å²) in [4.78, 5) is 3.99. The number of nitrogens with zero attached hydrogens (tertiary/aromatic N) is 2. The third kappa shape index (κ3) is 3.90. The van der Waals surface area contributed by atoms with E-state index >= 15 is 0 Å². The topological polar surface area (TPSA) is 96.0 Å². The Morgan fingerprint density at radius 2 is 2.14 bits per heavy atom. The lowest BCUT2D eigenvalue weighted by Gasteiger charge is -2.11. The van der Waals surface area contributed by atoms with Crippen LogP contribution in [0.1, 0.15) is 35.7 Å². The van der Waals surface area contributed by atoms with E-state index in [0.29, 0.717) is 22.8 Å². The number of hydrogen-bond acceptors (Lipinski definition) is 5. The van der Waals surface area contributed by atoms with Crippen LogP contribution in [-0.4, -0.2) is 13.4 Å². The third-order valence-electron chi connectivity index (χ3n) is 2.85. The van der Waals surface area contributed by atoms with Crippen molar-refractivity contribution in [2.45, 2.75) is 25.6 Å². The third-order valence-corrected chi connectivity index (χ3v) is 4.25. The molecule has 1 atom stereocenters. The van der Waals surface area contributed by atoms with Crippen LogP contribution in [0.15, 0.2) is 34.9 Å². The number of hydrogen-bond donors (Lipinski definition) is 1. The zero-order valence-corrected chi connectivity index (χ0v) is 12.5. The Kier molecular flexibility index (Phi) is 4.40. The maximum atomic E-state index is 12.2. The van der Waals surface area contributed by atoms with Gasteiger partial charge in [0.15, 0.2) is 0 Å². The molecule has 2 rings (SSSR count). The molecule has 0 saturated carbocycles. The predicted octanol–water partition coefficient (Wildman–Crippen LogP) is 2.04. The lowest BCUT2D eigenvalue weighted by molar-refractivity contribution is 0.427. The SMILES string of the molecule is Cc1cnc(C(C)NS(=O)(=O)Cc2ccccc2C#N)o1. The summed E-state index contributed by atoms with van der Waals surface area (Å²) in [6.45, 7) is 3.39. The molecule has 0 aliphatic heterocycles. The van der Waals surface area contributed by atoms with Gasteiger partial charge in [0.2, 0.25) is 15.9 Å². The van der Waals surface area contributed by atoms with Crippen molar-refractivity contribution in [1.29, 1.82) is 5.26 Å². The zero-order chi connectivity index (χ0) is 15.5. The normalized spacial score (nSPS) is 12.8. The summed E-state index contributed by atoms with van der Waals surface area (Å²) >= 11 is 0. The Balaban J connectivity index is 2.14. The van der Waals surface area contributed by atoms with Crippen molar-refractivity contribution in [2.75, 3.05) is 0 Å². The second-order valence-corrected chi connectivity index (χ2v) is 6.43. The van der Waals surface area contributed by atoms with Gasteiger partial charge in [-0.3, -0.25) is 0 Å². The Hall–Kier alpha value is -2.17. The van der Waals surface area contributed by atoms with Crippen LogP contribution in [-0.2, 0) is 15.8 Å². The molecule has 0 aliphatic carbocycles. The molecule has 1 aromatic heterocycles. The van der Waals surface area contributed by atoms with Crippen molar-refractivity contribution in [3.63, 3.8) is 0 Å². The molecular formula is C14H15N3O3S. The highest BCUT2D eigenvalue weighted by Gasteiger charge is 2.20. The van der Waals surface area contributed by atoms with Gasteiger partial charge < -0.3 is 4.42 Å². The molecule has 0 bridgehead atoms. The summed E-state index contributed by atoms with van der Waals surface area (Å²) in [5.74, 6) is 0.663. The average molecular weight is 305 g/mol. The second-order valence-electron chi connectivity index (χ2n) is 4.68. The Morgan fingerprint density at radius 3 is 2.76 bits per heavy atom. The van der Waals surface area contributed by atoms with Gasteiger partial charge in [-0.1, -0.05) is 18.2 Å². The quantitative estimate of drug-likeness (QED) is 0.911. The number of benzene rings is 1. The van der Waals surface area contributed by atoms with E-state index in [4.69, 9.17) is 9.68 Å². The van der Waals surface area contributed by atoms with Crippen molar-refractivity contribution in [3.05, 3.63) is 53.2 Å². The predicted molar refractivity (Wildman–Crippen MR) is 76.6 cm³/mol. The van der Waals surface area contributed by atoms with Crippen LogP contribution >= 0.6 is 0 Å². The molecule has 2 aromatic rings. The highest BCUT2D eigenvalue weighted by atomic mass is 32.2. The molecule has 0 fully saturated rings. The van der Waals surface area contributed by atoms with Crippen molar-refractivity contribution >= 4 is 10.0 Å². The lowest BCUT2D eigenvalue weighted by Crippen LogP contribution is -2.28. The van der Waals surface area contributed by atoms with Crippen LogP contribution in [0.2, 0.25) is 0 Å². The van der Waals surface area contributed by atoms with Crippen molar-refractivity contribution in [3.8, 4) is 6.07 Å². The van der Waals surface area contributed by atoms with E-state index in [1.165, 1.54) is 6.20 Å². The molecule has 7 heteroatoms. The molecule has 110 valence electrons. The smallest absolute Gasteiger partial charge is 0.216 e. The highest BCUT2D eigenvalue weighted by molar-refractivity contribution is 7.88. The number of aryl methyl sites for hydroxylation is 1. The van der Waals surface area contributed by atoms with Crippen LogP contribution in [0.25, 0.3) is 0 Å². The summed E-state index contributed by atoms with van der Waals surface area (Å²) in [5.41, 5.74) is 0.811. The molecule has 1 aromatic carbocycles. The first-order chi connectivity index (χ1) is 9.91. The molecule has 1 unspecified atom stereocenters. The van der Waals surface area contributed by atoms with E-state index in [0.717, 1.165) is 0 Å². The van der Waals surface area contributed by atoms with Crippen LogP contribution in [0.5, 0.6) is 0 Å². The summed E-state index contributed by atoms with van der Waals surface area (Å²) in [7, 11) is -3.61. The van der Waals surface area contributed by atoms with Gasteiger partial charge in [0, 0.05) is 0 Å². The average Bonchev–Trinajstić information content (AvgIpc) is 2.85. The van der Waals surface area contributed by atoms with Gasteiger partial charge in [-0.05, 0) is 25.5 Å². The first-order valence-corrected chi connectivity index (χ1v) is 7.97. The van der Waals surface area contributed by atoms with Crippen molar-refractivity contribution in [1.82, 2.24) is 9.71 Å². The number of aromatic nitrogens is 1. The van der Waals surface area contributed by atoms with Gasteiger partial charge in [-0.15, -0.1) is 0 Å². The number of nitrogens with one attached hydrogen (secondary N) is 1. The molecule has 6 nitrogen and oxygen atoms in total. The molecule has 0 aliphatic rings. The molecule has 21 heavy (non-hydrogen) atoms. The first kappa shape index (κ1) is 15.2. The van der Waals surface area contributed by atoms with Gasteiger partial charge in [0.25, 0.3) is 0 Å². The molecule has 0 saturated heterocycles. The van der Waals surface area contributed by atoms with E-state index in [2.05, 4.69) is 9.71 Å². The second kappa shape index (κ2) is 6.08. The minimum atomic E-state index is -3.61. The molecule has 0 spiro atoms. The maximum Gasteiger partial charge on any atom is 0.216 e. The standard InChI is InChI=1S/C14H15N3O3S/c1-10-8-16-14(20-10)11(2)17-21(18,19)9-13-6-4-3-5-12(13)7-15/h3-6,8,11,17H,9H2,1-2H3. The van der Waals surface area contributed by atoms with Crippen molar-refractivity contribution in [2.24, 2.45) is 0 Å². The minimum Gasteiger partial charge on any atom is -0.444 e. The summed E-state index contributed by atoms with van der Waals surface area (Å²) < 4.78 is 32.1. The minimum absolute atomic E-state index is 0.263. The van der Waals surface area contributed by atoms with Gasteiger partial charge in [-0.25, -0.2) is 18.1 Å². The summed E-state index contributed by atoms with van der Waals surface area (Å²) in [5, 5.41) is 8.99. The Labute approximate surface area is 123 Å². The number of oxazole rings is 1. The van der Waals surface area contributed by atoms with Gasteiger partial charge >= 0.3 is 0 Å². The number of nitriles is 1. The van der Waals surface area contributed by atoms with E-state index in [1.807, 2.05) is 6.07 Å². The van der Waals surface area contributed by atoms with Gasteiger partial charge in [0.05, 0.1) is 29.6 Å². The molecule has 1 N–H and O–H groups in total. The van der Waals surface area contributed by atoms with E-state index < -0.39 is 16.1 Å². The fraction of sp³-hybridized carbons (Fsp3) is 0.286. The first-order valence-electron chi connectivity index (χ1n) is 6.31. The van der Waals surface area contributed by atoms with E-state index in [9.17, 15) is 8.42 Å². The Morgan fingerprint density at radius 1 is 1.43 bits per heavy atom. The van der Waals surface area contributed by atoms with Crippen LogP contribution in [0, 0.1) is 18.3 Å². The molecule has 0 radical (unpaired) electrons. The summed E-state index contributed by atoms with van der Waals surface area (Å²) in [6, 6.07) is 8.02. The van der Waals surface area contributed by atoms with Crippen LogP contribution < -0.4 is 4.72 Å². The van der Waals surface area contributed by atoms with Crippen LogP contribution in [0.3, 0.4) is 0 Å². The zero-order valence-electron chi connectivity index (χ0n) is 11.7. The molecule has 1 heterocycles. The maximum absolute atomic E-state index is 12.2. The Bertz CT molecular complexity index is 775. The number of rotatable bonds is 5. The van der Waals surface area contributed by atoms with E-state index in [-0.39, 0.29) is 5.75 Å². The largest absolute Gasteiger partial charge is 0.444 e. The monoisotopic (exact) mass is 305 g/mol. The number of sulfonamides is 1. The fourth-order valence-corrected chi connectivity index (χ4v) is 3.28. The highest BCUT2D eigenvalue weighted by Crippen LogP contribution is 2.16. The fourth-order valence-electron chi connectivity index (χ4n) is 1.89. The van der Waals surface area contributed by atoms with E-state index in [1.54, 1.807) is 38.1 Å². The van der Waals surface area contributed by atoms with Crippen molar-refractivity contribution < 1.29 is 12.8 Å².